The number of carbonyl (C=O) groups is 2. The lowest BCUT2D eigenvalue weighted by Crippen LogP contribution is -1.98. The molecule has 0 spiro atoms. The van der Waals surface area contributed by atoms with Gasteiger partial charge in [-0.05, 0) is 23.8 Å². The summed E-state index contributed by atoms with van der Waals surface area (Å²) in [5, 5.41) is 15.6. The molecule has 0 unspecified atom stereocenters. The zero-order valence-corrected chi connectivity index (χ0v) is 15.7. The Labute approximate surface area is 161 Å². The SMILES string of the molecule is COc1ccc(Sc2ccccc2CN)c(OC)c1.O=C(O)/C=C/C(=O)O. The standard InChI is InChI=1S/C15H17NO2S.C4H4O4/c1-17-12-7-8-15(13(9-12)18-2)19-14-6-4-3-5-11(14)10-16;5-3(6)1-2-4(7)8/h3-9H,10,16H2,1-2H3;1-2H,(H,5,6)(H,7,8)/b;2-1+. The molecule has 0 fully saturated rings. The van der Waals surface area contributed by atoms with Gasteiger partial charge in [0.05, 0.1) is 19.1 Å². The molecule has 0 saturated heterocycles. The molecule has 0 aromatic heterocycles. The van der Waals surface area contributed by atoms with Crippen molar-refractivity contribution < 1.29 is 29.3 Å². The van der Waals surface area contributed by atoms with Gasteiger partial charge in [-0.1, -0.05) is 30.0 Å². The van der Waals surface area contributed by atoms with Crippen LogP contribution in [0.15, 0.2) is 64.4 Å². The van der Waals surface area contributed by atoms with E-state index in [1.54, 1.807) is 26.0 Å². The molecule has 0 aliphatic rings. The fraction of sp³-hybridized carbons (Fsp3) is 0.158. The molecule has 27 heavy (non-hydrogen) atoms. The van der Waals surface area contributed by atoms with Crippen molar-refractivity contribution in [2.75, 3.05) is 14.2 Å². The Hall–Kier alpha value is -2.97. The average molecular weight is 391 g/mol. The molecule has 2 aromatic carbocycles. The van der Waals surface area contributed by atoms with Crippen LogP contribution in [0.4, 0.5) is 0 Å². The summed E-state index contributed by atoms with van der Waals surface area (Å²) in [6.45, 7) is 0.529. The summed E-state index contributed by atoms with van der Waals surface area (Å²) in [6.07, 6.45) is 1.12. The largest absolute Gasteiger partial charge is 0.497 e. The van der Waals surface area contributed by atoms with Crippen molar-refractivity contribution in [3.63, 3.8) is 0 Å². The van der Waals surface area contributed by atoms with Gasteiger partial charge in [-0.25, -0.2) is 9.59 Å². The zero-order chi connectivity index (χ0) is 20.2. The lowest BCUT2D eigenvalue weighted by molar-refractivity contribution is -0.134. The molecular formula is C19H21NO6S. The summed E-state index contributed by atoms with van der Waals surface area (Å²) < 4.78 is 10.6. The summed E-state index contributed by atoms with van der Waals surface area (Å²) >= 11 is 1.65. The molecule has 144 valence electrons. The molecule has 0 saturated carbocycles. The Balaban J connectivity index is 0.000000387. The van der Waals surface area contributed by atoms with Gasteiger partial charge in [0.1, 0.15) is 11.5 Å². The van der Waals surface area contributed by atoms with Crippen LogP contribution in [0.25, 0.3) is 0 Å². The van der Waals surface area contributed by atoms with Gasteiger partial charge < -0.3 is 25.4 Å². The number of benzene rings is 2. The second kappa shape index (κ2) is 11.6. The van der Waals surface area contributed by atoms with Gasteiger partial charge in [0.15, 0.2) is 0 Å². The predicted molar refractivity (Wildman–Crippen MR) is 102 cm³/mol. The fourth-order valence-electron chi connectivity index (χ4n) is 1.89. The quantitative estimate of drug-likeness (QED) is 0.616. The Bertz CT molecular complexity index is 791. The van der Waals surface area contributed by atoms with E-state index in [0.717, 1.165) is 26.9 Å². The Kier molecular flexibility index (Phi) is 9.49. The van der Waals surface area contributed by atoms with Crippen LogP contribution < -0.4 is 15.2 Å². The van der Waals surface area contributed by atoms with Crippen LogP contribution in [-0.2, 0) is 16.1 Å². The van der Waals surface area contributed by atoms with Gasteiger partial charge >= 0.3 is 11.9 Å². The smallest absolute Gasteiger partial charge is 0.328 e. The van der Waals surface area contributed by atoms with Crippen LogP contribution in [0.3, 0.4) is 0 Å². The molecule has 0 bridgehead atoms. The molecule has 8 heteroatoms. The number of hydrogen-bond donors (Lipinski definition) is 3. The van der Waals surface area contributed by atoms with E-state index in [4.69, 9.17) is 25.4 Å². The summed E-state index contributed by atoms with van der Waals surface area (Å²) in [5.74, 6) is -0.927. The first kappa shape index (κ1) is 22.1. The topological polar surface area (TPSA) is 119 Å². The highest BCUT2D eigenvalue weighted by Crippen LogP contribution is 2.38. The number of rotatable bonds is 7. The van der Waals surface area contributed by atoms with E-state index in [0.29, 0.717) is 18.7 Å². The van der Waals surface area contributed by atoms with Gasteiger partial charge in [0, 0.05) is 29.7 Å². The molecule has 0 amide bonds. The third-order valence-corrected chi connectivity index (χ3v) is 4.33. The number of nitrogens with two attached hydrogens (primary N) is 1. The Morgan fingerprint density at radius 2 is 1.63 bits per heavy atom. The maximum Gasteiger partial charge on any atom is 0.328 e. The van der Waals surface area contributed by atoms with Crippen molar-refractivity contribution in [3.8, 4) is 11.5 Å². The molecule has 0 aliphatic carbocycles. The molecule has 2 rings (SSSR count). The second-order valence-electron chi connectivity index (χ2n) is 4.94. The second-order valence-corrected chi connectivity index (χ2v) is 6.02. The lowest BCUT2D eigenvalue weighted by Gasteiger charge is -2.11. The first-order chi connectivity index (χ1) is 12.9. The van der Waals surface area contributed by atoms with Crippen LogP contribution in [0.5, 0.6) is 11.5 Å². The van der Waals surface area contributed by atoms with Crippen molar-refractivity contribution in [1.82, 2.24) is 0 Å². The molecule has 0 radical (unpaired) electrons. The van der Waals surface area contributed by atoms with E-state index in [1.165, 1.54) is 0 Å². The van der Waals surface area contributed by atoms with Crippen molar-refractivity contribution in [2.24, 2.45) is 5.73 Å². The maximum atomic E-state index is 9.55. The van der Waals surface area contributed by atoms with Gasteiger partial charge in [-0.2, -0.15) is 0 Å². The van der Waals surface area contributed by atoms with E-state index in [9.17, 15) is 9.59 Å². The average Bonchev–Trinajstić information content (AvgIpc) is 2.67. The van der Waals surface area contributed by atoms with Crippen molar-refractivity contribution in [2.45, 2.75) is 16.3 Å². The highest BCUT2D eigenvalue weighted by Gasteiger charge is 2.09. The number of methoxy groups -OCH3 is 2. The first-order valence-electron chi connectivity index (χ1n) is 7.73. The van der Waals surface area contributed by atoms with Crippen LogP contribution in [0.2, 0.25) is 0 Å². The number of carboxylic acids is 2. The van der Waals surface area contributed by atoms with Crippen LogP contribution in [0, 0.1) is 0 Å². The number of ether oxygens (including phenoxy) is 2. The normalized spacial score (nSPS) is 10.0. The van der Waals surface area contributed by atoms with Gasteiger partial charge in [-0.15, -0.1) is 0 Å². The molecule has 0 aliphatic heterocycles. The first-order valence-corrected chi connectivity index (χ1v) is 8.54. The molecule has 0 heterocycles. The van der Waals surface area contributed by atoms with Crippen LogP contribution in [0.1, 0.15) is 5.56 Å². The minimum atomic E-state index is -1.26. The number of hydrogen-bond acceptors (Lipinski definition) is 6. The Morgan fingerprint density at radius 1 is 1.00 bits per heavy atom. The number of aliphatic carboxylic acids is 2. The third kappa shape index (κ3) is 7.85. The summed E-state index contributed by atoms with van der Waals surface area (Å²) in [4.78, 5) is 21.3. The van der Waals surface area contributed by atoms with E-state index in [1.807, 2.05) is 36.4 Å². The lowest BCUT2D eigenvalue weighted by atomic mass is 10.2. The Morgan fingerprint density at radius 3 is 2.15 bits per heavy atom. The molecule has 4 N–H and O–H groups in total. The molecular weight excluding hydrogens is 370 g/mol. The van der Waals surface area contributed by atoms with E-state index in [2.05, 4.69) is 6.07 Å². The summed E-state index contributed by atoms with van der Waals surface area (Å²) in [7, 11) is 3.30. The zero-order valence-electron chi connectivity index (χ0n) is 14.9. The van der Waals surface area contributed by atoms with E-state index >= 15 is 0 Å². The summed E-state index contributed by atoms with van der Waals surface area (Å²) in [6, 6.07) is 13.9. The molecule has 2 aromatic rings. The van der Waals surface area contributed by atoms with E-state index in [-0.39, 0.29) is 0 Å². The minimum Gasteiger partial charge on any atom is -0.497 e. The van der Waals surface area contributed by atoms with Crippen molar-refractivity contribution in [3.05, 3.63) is 60.2 Å². The monoisotopic (exact) mass is 391 g/mol. The third-order valence-electron chi connectivity index (χ3n) is 3.15. The van der Waals surface area contributed by atoms with Gasteiger partial charge in [0.25, 0.3) is 0 Å². The van der Waals surface area contributed by atoms with E-state index < -0.39 is 11.9 Å². The van der Waals surface area contributed by atoms with Crippen molar-refractivity contribution >= 4 is 23.7 Å². The minimum absolute atomic E-state index is 0.529. The maximum absolute atomic E-state index is 9.55. The van der Waals surface area contributed by atoms with Crippen molar-refractivity contribution in [1.29, 1.82) is 0 Å². The van der Waals surface area contributed by atoms with Gasteiger partial charge in [0.2, 0.25) is 0 Å². The van der Waals surface area contributed by atoms with Crippen LogP contribution >= 0.6 is 11.8 Å². The number of carboxylic acid groups (broad SMARTS) is 2. The predicted octanol–water partition coefficient (Wildman–Crippen LogP) is 3.03. The van der Waals surface area contributed by atoms with Crippen LogP contribution in [-0.4, -0.2) is 36.4 Å². The fourth-order valence-corrected chi connectivity index (χ4v) is 2.94. The molecule has 0 atom stereocenters. The highest BCUT2D eigenvalue weighted by molar-refractivity contribution is 7.99. The molecule has 7 nitrogen and oxygen atoms in total. The highest BCUT2D eigenvalue weighted by atomic mass is 32.2. The summed E-state index contributed by atoms with van der Waals surface area (Å²) in [5.41, 5.74) is 6.89. The van der Waals surface area contributed by atoms with Gasteiger partial charge in [-0.3, -0.25) is 0 Å².